The van der Waals surface area contributed by atoms with E-state index in [0.717, 1.165) is 17.1 Å². The van der Waals surface area contributed by atoms with E-state index in [1.807, 2.05) is 25.4 Å². The monoisotopic (exact) mass is 176 g/mol. The van der Waals surface area contributed by atoms with E-state index >= 15 is 0 Å². The topological polar surface area (TPSA) is 70.5 Å². The number of imidazole rings is 1. The summed E-state index contributed by atoms with van der Waals surface area (Å²) in [7, 11) is 0. The van der Waals surface area contributed by atoms with Gasteiger partial charge in [-0.25, -0.2) is 4.98 Å². The van der Waals surface area contributed by atoms with E-state index in [0.29, 0.717) is 0 Å². The van der Waals surface area contributed by atoms with Crippen molar-refractivity contribution >= 4 is 0 Å². The Morgan fingerprint density at radius 3 is 2.92 bits per heavy atom. The van der Waals surface area contributed by atoms with Crippen LogP contribution in [0.3, 0.4) is 0 Å². The van der Waals surface area contributed by atoms with Gasteiger partial charge in [0.05, 0.1) is 17.9 Å². The van der Waals surface area contributed by atoms with Crippen LogP contribution in [0.2, 0.25) is 0 Å². The Hall–Kier alpha value is -1.55. The molecule has 0 aromatic carbocycles. The molecule has 1 atom stereocenters. The second kappa shape index (κ2) is 3.06. The summed E-state index contributed by atoms with van der Waals surface area (Å²) in [4.78, 5) is 10.3. The molecule has 4 N–H and O–H groups in total. The smallest absolute Gasteiger partial charge is 0.123 e. The van der Waals surface area contributed by atoms with Crippen LogP contribution < -0.4 is 5.73 Å². The van der Waals surface area contributed by atoms with Crippen molar-refractivity contribution in [2.45, 2.75) is 13.0 Å². The standard InChI is InChI=1S/C9H12N4/c1-6(10)9-12-5-8(13-9)7-2-3-11-4-7/h2-6,11H,10H2,1H3,(H,12,13). The molecule has 0 aliphatic heterocycles. The molecule has 0 fully saturated rings. The second-order valence-electron chi connectivity index (χ2n) is 3.07. The molecule has 0 radical (unpaired) electrons. The molecule has 2 rings (SSSR count). The Labute approximate surface area is 76.2 Å². The molecule has 4 heteroatoms. The van der Waals surface area contributed by atoms with Crippen molar-refractivity contribution in [2.75, 3.05) is 0 Å². The van der Waals surface area contributed by atoms with Crippen LogP contribution >= 0.6 is 0 Å². The largest absolute Gasteiger partial charge is 0.367 e. The van der Waals surface area contributed by atoms with E-state index in [1.54, 1.807) is 6.20 Å². The maximum Gasteiger partial charge on any atom is 0.123 e. The zero-order valence-corrected chi connectivity index (χ0v) is 7.41. The molecule has 2 heterocycles. The van der Waals surface area contributed by atoms with Crippen molar-refractivity contribution < 1.29 is 0 Å². The molecule has 0 saturated heterocycles. The van der Waals surface area contributed by atoms with Crippen molar-refractivity contribution in [3.8, 4) is 11.3 Å². The number of aromatic nitrogens is 3. The number of rotatable bonds is 2. The van der Waals surface area contributed by atoms with Gasteiger partial charge in [-0.3, -0.25) is 0 Å². The van der Waals surface area contributed by atoms with Gasteiger partial charge in [-0.05, 0) is 13.0 Å². The quantitative estimate of drug-likeness (QED) is 0.647. The molecule has 0 saturated carbocycles. The van der Waals surface area contributed by atoms with Gasteiger partial charge in [0.15, 0.2) is 0 Å². The first-order valence-corrected chi connectivity index (χ1v) is 4.21. The average molecular weight is 176 g/mol. The van der Waals surface area contributed by atoms with Crippen molar-refractivity contribution in [1.82, 2.24) is 15.0 Å². The zero-order chi connectivity index (χ0) is 9.26. The van der Waals surface area contributed by atoms with Crippen LogP contribution in [0.15, 0.2) is 24.7 Å². The highest BCUT2D eigenvalue weighted by molar-refractivity contribution is 5.57. The third-order valence-electron chi connectivity index (χ3n) is 1.94. The molecular formula is C9H12N4. The van der Waals surface area contributed by atoms with Crippen LogP contribution in [0, 0.1) is 0 Å². The average Bonchev–Trinajstić information content (AvgIpc) is 2.75. The lowest BCUT2D eigenvalue weighted by atomic mass is 10.3. The second-order valence-corrected chi connectivity index (χ2v) is 3.07. The Bertz CT molecular complexity index is 372. The fourth-order valence-electron chi connectivity index (χ4n) is 1.21. The van der Waals surface area contributed by atoms with Crippen LogP contribution in [-0.4, -0.2) is 15.0 Å². The van der Waals surface area contributed by atoms with Gasteiger partial charge < -0.3 is 15.7 Å². The van der Waals surface area contributed by atoms with Crippen molar-refractivity contribution in [3.05, 3.63) is 30.5 Å². The normalized spacial score (nSPS) is 13.1. The molecular weight excluding hydrogens is 164 g/mol. The fourth-order valence-corrected chi connectivity index (χ4v) is 1.21. The van der Waals surface area contributed by atoms with E-state index in [1.165, 1.54) is 0 Å². The SMILES string of the molecule is CC(N)c1ncc(-c2cc[nH]c2)[nH]1. The zero-order valence-electron chi connectivity index (χ0n) is 7.41. The van der Waals surface area contributed by atoms with Gasteiger partial charge in [0.25, 0.3) is 0 Å². The number of aromatic amines is 2. The summed E-state index contributed by atoms with van der Waals surface area (Å²) in [5, 5.41) is 0. The predicted octanol–water partition coefficient (Wildman–Crippen LogP) is 1.42. The number of nitrogens with two attached hydrogens (primary N) is 1. The molecule has 1 unspecified atom stereocenters. The van der Waals surface area contributed by atoms with Gasteiger partial charge >= 0.3 is 0 Å². The molecule has 4 nitrogen and oxygen atoms in total. The first-order valence-electron chi connectivity index (χ1n) is 4.21. The van der Waals surface area contributed by atoms with Gasteiger partial charge in [-0.2, -0.15) is 0 Å². The molecule has 2 aromatic heterocycles. The highest BCUT2D eigenvalue weighted by Crippen LogP contribution is 2.17. The van der Waals surface area contributed by atoms with E-state index < -0.39 is 0 Å². The summed E-state index contributed by atoms with van der Waals surface area (Å²) >= 11 is 0. The van der Waals surface area contributed by atoms with Gasteiger partial charge in [-0.1, -0.05) is 0 Å². The Kier molecular flexibility index (Phi) is 1.90. The van der Waals surface area contributed by atoms with Gasteiger partial charge in [0.1, 0.15) is 5.82 Å². The number of nitrogens with zero attached hydrogens (tertiary/aromatic N) is 1. The molecule has 2 aromatic rings. The molecule has 0 spiro atoms. The molecule has 0 aliphatic carbocycles. The van der Waals surface area contributed by atoms with Crippen molar-refractivity contribution in [3.63, 3.8) is 0 Å². The maximum absolute atomic E-state index is 5.68. The number of H-pyrrole nitrogens is 2. The van der Waals surface area contributed by atoms with Gasteiger partial charge in [0.2, 0.25) is 0 Å². The first-order chi connectivity index (χ1) is 6.27. The molecule has 13 heavy (non-hydrogen) atoms. The summed E-state index contributed by atoms with van der Waals surface area (Å²) in [5.74, 6) is 0.816. The highest BCUT2D eigenvalue weighted by Gasteiger charge is 2.05. The lowest BCUT2D eigenvalue weighted by molar-refractivity contribution is 0.756. The highest BCUT2D eigenvalue weighted by atomic mass is 15.0. The summed E-state index contributed by atoms with van der Waals surface area (Å²) in [6.07, 6.45) is 5.59. The summed E-state index contributed by atoms with van der Waals surface area (Å²) in [6.45, 7) is 1.90. The Morgan fingerprint density at radius 1 is 1.54 bits per heavy atom. The lowest BCUT2D eigenvalue weighted by Gasteiger charge is -1.97. The predicted molar refractivity (Wildman–Crippen MR) is 51.0 cm³/mol. The number of hydrogen-bond donors (Lipinski definition) is 3. The van der Waals surface area contributed by atoms with Crippen LogP contribution in [0.25, 0.3) is 11.3 Å². The summed E-state index contributed by atoms with van der Waals surface area (Å²) < 4.78 is 0. The minimum Gasteiger partial charge on any atom is -0.367 e. The summed E-state index contributed by atoms with van der Waals surface area (Å²) in [6, 6.07) is 1.94. The van der Waals surface area contributed by atoms with Gasteiger partial charge in [-0.15, -0.1) is 0 Å². The third-order valence-corrected chi connectivity index (χ3v) is 1.94. The van der Waals surface area contributed by atoms with E-state index in [2.05, 4.69) is 15.0 Å². The first kappa shape index (κ1) is 8.07. The van der Waals surface area contributed by atoms with Crippen LogP contribution in [0.5, 0.6) is 0 Å². The van der Waals surface area contributed by atoms with Gasteiger partial charge in [0, 0.05) is 18.0 Å². The minimum absolute atomic E-state index is 0.0484. The van der Waals surface area contributed by atoms with Crippen molar-refractivity contribution in [1.29, 1.82) is 0 Å². The number of hydrogen-bond acceptors (Lipinski definition) is 2. The van der Waals surface area contributed by atoms with E-state index in [-0.39, 0.29) is 6.04 Å². The van der Waals surface area contributed by atoms with Crippen LogP contribution in [0.4, 0.5) is 0 Å². The fraction of sp³-hybridized carbons (Fsp3) is 0.222. The maximum atomic E-state index is 5.68. The molecule has 68 valence electrons. The molecule has 0 aliphatic rings. The number of nitrogens with one attached hydrogen (secondary N) is 2. The van der Waals surface area contributed by atoms with E-state index in [4.69, 9.17) is 5.73 Å². The Morgan fingerprint density at radius 2 is 2.38 bits per heavy atom. The van der Waals surface area contributed by atoms with Crippen LogP contribution in [0.1, 0.15) is 18.8 Å². The molecule has 0 bridgehead atoms. The summed E-state index contributed by atoms with van der Waals surface area (Å²) in [5.41, 5.74) is 7.77. The van der Waals surface area contributed by atoms with Crippen molar-refractivity contribution in [2.24, 2.45) is 5.73 Å². The third kappa shape index (κ3) is 1.48. The molecule has 0 amide bonds. The minimum atomic E-state index is -0.0484. The Balaban J connectivity index is 2.33. The lowest BCUT2D eigenvalue weighted by Crippen LogP contribution is -2.06. The van der Waals surface area contributed by atoms with Crippen LogP contribution in [-0.2, 0) is 0 Å². The van der Waals surface area contributed by atoms with E-state index in [9.17, 15) is 0 Å².